The predicted molar refractivity (Wildman–Crippen MR) is 104 cm³/mol. The van der Waals surface area contributed by atoms with Crippen LogP contribution in [0, 0.1) is 0 Å². The van der Waals surface area contributed by atoms with Crippen LogP contribution in [-0.4, -0.2) is 30.1 Å². The number of amides is 1. The Morgan fingerprint density at radius 1 is 0.962 bits per heavy atom. The Labute approximate surface area is 156 Å². The molecule has 0 aliphatic carbocycles. The molecule has 0 unspecified atom stereocenters. The fraction of sp³-hybridized carbons (Fsp3) is 0.409. The molecule has 0 heterocycles. The number of hydrogen-bond acceptors (Lipinski definition) is 3. The average molecular weight is 355 g/mol. The van der Waals surface area contributed by atoms with Gasteiger partial charge in [0.25, 0.3) is 0 Å². The van der Waals surface area contributed by atoms with Gasteiger partial charge in [-0.25, -0.2) is 0 Å². The van der Waals surface area contributed by atoms with E-state index in [4.69, 9.17) is 9.47 Å². The second kappa shape index (κ2) is 10.5. The highest BCUT2D eigenvalue weighted by atomic mass is 16.5. The number of ether oxygens (including phenoxy) is 2. The molecular weight excluding hydrogens is 326 g/mol. The van der Waals surface area contributed by atoms with Crippen LogP contribution in [0.4, 0.5) is 0 Å². The van der Waals surface area contributed by atoms with Crippen molar-refractivity contribution < 1.29 is 14.3 Å². The molecule has 26 heavy (non-hydrogen) atoms. The van der Waals surface area contributed by atoms with Crippen LogP contribution in [0.25, 0.3) is 0 Å². The highest BCUT2D eigenvalue weighted by molar-refractivity contribution is 5.76. The lowest BCUT2D eigenvalue weighted by molar-refractivity contribution is -0.133. The summed E-state index contributed by atoms with van der Waals surface area (Å²) in [5.41, 5.74) is 1.15. The quantitative estimate of drug-likeness (QED) is 0.581. The predicted octanol–water partition coefficient (Wildman–Crippen LogP) is 4.68. The van der Waals surface area contributed by atoms with Crippen molar-refractivity contribution in [1.82, 2.24) is 4.90 Å². The van der Waals surface area contributed by atoms with Crippen molar-refractivity contribution in [2.45, 2.75) is 46.2 Å². The molecule has 2 aromatic rings. The molecule has 0 saturated heterocycles. The first-order valence-corrected chi connectivity index (χ1v) is 9.29. The van der Waals surface area contributed by atoms with Crippen LogP contribution in [-0.2, 0) is 11.3 Å². The SMILES string of the molecule is CCOc1ccccc1OCCCC(=O)N(Cc1ccccc1)C(C)C. The van der Waals surface area contributed by atoms with Gasteiger partial charge in [-0.3, -0.25) is 4.79 Å². The van der Waals surface area contributed by atoms with Crippen LogP contribution in [0.5, 0.6) is 11.5 Å². The minimum atomic E-state index is 0.158. The second-order valence-corrected chi connectivity index (χ2v) is 6.43. The van der Waals surface area contributed by atoms with E-state index in [2.05, 4.69) is 26.0 Å². The lowest BCUT2D eigenvalue weighted by atomic mass is 10.1. The largest absolute Gasteiger partial charge is 0.490 e. The Hall–Kier alpha value is -2.49. The Kier molecular flexibility index (Phi) is 8.00. The van der Waals surface area contributed by atoms with Crippen LogP contribution in [0.2, 0.25) is 0 Å². The summed E-state index contributed by atoms with van der Waals surface area (Å²) in [6.45, 7) is 7.79. The first kappa shape index (κ1) is 19.8. The first-order valence-electron chi connectivity index (χ1n) is 9.29. The van der Waals surface area contributed by atoms with Gasteiger partial charge in [-0.15, -0.1) is 0 Å². The fourth-order valence-corrected chi connectivity index (χ4v) is 2.73. The number of nitrogens with zero attached hydrogens (tertiary/aromatic N) is 1. The van der Waals surface area contributed by atoms with Gasteiger partial charge in [0.1, 0.15) is 0 Å². The average Bonchev–Trinajstić information content (AvgIpc) is 2.65. The summed E-state index contributed by atoms with van der Waals surface area (Å²) in [4.78, 5) is 14.5. The molecule has 4 nitrogen and oxygen atoms in total. The Morgan fingerprint density at radius 3 is 2.19 bits per heavy atom. The van der Waals surface area contributed by atoms with E-state index in [1.165, 1.54) is 0 Å². The minimum absolute atomic E-state index is 0.158. The molecule has 1 amide bonds. The van der Waals surface area contributed by atoms with Gasteiger partial charge in [0.2, 0.25) is 5.91 Å². The highest BCUT2D eigenvalue weighted by Crippen LogP contribution is 2.26. The van der Waals surface area contributed by atoms with Gasteiger partial charge in [0, 0.05) is 19.0 Å². The maximum absolute atomic E-state index is 12.6. The lowest BCUT2D eigenvalue weighted by Crippen LogP contribution is -2.36. The normalized spacial score (nSPS) is 10.6. The zero-order valence-corrected chi connectivity index (χ0v) is 16.0. The zero-order chi connectivity index (χ0) is 18.8. The van der Waals surface area contributed by atoms with Crippen molar-refractivity contribution in [3.05, 3.63) is 60.2 Å². The second-order valence-electron chi connectivity index (χ2n) is 6.43. The Balaban J connectivity index is 1.83. The zero-order valence-electron chi connectivity index (χ0n) is 16.0. The molecule has 0 radical (unpaired) electrons. The number of hydrogen-bond donors (Lipinski definition) is 0. The number of carbonyl (C=O) groups excluding carboxylic acids is 1. The van der Waals surface area contributed by atoms with Gasteiger partial charge in [0.05, 0.1) is 13.2 Å². The van der Waals surface area contributed by atoms with E-state index in [9.17, 15) is 4.79 Å². The summed E-state index contributed by atoms with van der Waals surface area (Å²) in [6, 6.07) is 17.9. The molecule has 0 aromatic heterocycles. The van der Waals surface area contributed by atoms with Gasteiger partial charge >= 0.3 is 0 Å². The maximum atomic E-state index is 12.6. The van der Waals surface area contributed by atoms with Crippen LogP contribution in [0.15, 0.2) is 54.6 Å². The molecule has 0 bridgehead atoms. The van der Waals surface area contributed by atoms with E-state index in [-0.39, 0.29) is 11.9 Å². The highest BCUT2D eigenvalue weighted by Gasteiger charge is 2.17. The van der Waals surface area contributed by atoms with Crippen LogP contribution in [0.1, 0.15) is 39.2 Å². The van der Waals surface area contributed by atoms with E-state index in [1.54, 1.807) is 0 Å². The summed E-state index contributed by atoms with van der Waals surface area (Å²) in [5.74, 6) is 1.63. The van der Waals surface area contributed by atoms with Gasteiger partial charge in [0.15, 0.2) is 11.5 Å². The third-order valence-corrected chi connectivity index (χ3v) is 4.08. The fourth-order valence-electron chi connectivity index (χ4n) is 2.73. The molecular formula is C22H29NO3. The Bertz CT molecular complexity index is 670. The monoisotopic (exact) mass is 355 g/mol. The molecule has 0 spiro atoms. The molecule has 0 aliphatic heterocycles. The van der Waals surface area contributed by atoms with Crippen molar-refractivity contribution >= 4 is 5.91 Å². The van der Waals surface area contributed by atoms with Gasteiger partial charge in [-0.1, -0.05) is 42.5 Å². The smallest absolute Gasteiger partial charge is 0.223 e. The van der Waals surface area contributed by atoms with E-state index >= 15 is 0 Å². The van der Waals surface area contributed by atoms with Crippen LogP contribution >= 0.6 is 0 Å². The molecule has 0 fully saturated rings. The van der Waals surface area contributed by atoms with Crippen molar-refractivity contribution in [3.63, 3.8) is 0 Å². The molecule has 0 aliphatic rings. The molecule has 0 N–H and O–H groups in total. The summed E-state index contributed by atoms with van der Waals surface area (Å²) in [5, 5.41) is 0. The van der Waals surface area contributed by atoms with Crippen LogP contribution < -0.4 is 9.47 Å². The van der Waals surface area contributed by atoms with E-state index in [0.717, 1.165) is 17.1 Å². The molecule has 2 aromatic carbocycles. The summed E-state index contributed by atoms with van der Waals surface area (Å²) < 4.78 is 11.4. The molecule has 140 valence electrons. The minimum Gasteiger partial charge on any atom is -0.490 e. The van der Waals surface area contributed by atoms with Crippen molar-refractivity contribution in [1.29, 1.82) is 0 Å². The van der Waals surface area contributed by atoms with Gasteiger partial charge in [-0.05, 0) is 44.9 Å². The molecule has 0 atom stereocenters. The van der Waals surface area contributed by atoms with Crippen molar-refractivity contribution in [2.75, 3.05) is 13.2 Å². The van der Waals surface area contributed by atoms with E-state index in [1.807, 2.05) is 54.3 Å². The number of carbonyl (C=O) groups is 1. The van der Waals surface area contributed by atoms with E-state index in [0.29, 0.717) is 32.6 Å². The third kappa shape index (κ3) is 6.10. The maximum Gasteiger partial charge on any atom is 0.223 e. The molecule has 4 heteroatoms. The standard InChI is InChI=1S/C22H29NO3/c1-4-25-20-13-8-9-14-21(20)26-16-10-15-22(24)23(18(2)3)17-19-11-6-5-7-12-19/h5-9,11-14,18H,4,10,15-17H2,1-3H3. The van der Waals surface area contributed by atoms with Crippen molar-refractivity contribution in [2.24, 2.45) is 0 Å². The summed E-state index contributed by atoms with van der Waals surface area (Å²) in [7, 11) is 0. The lowest BCUT2D eigenvalue weighted by Gasteiger charge is -2.27. The van der Waals surface area contributed by atoms with Crippen molar-refractivity contribution in [3.8, 4) is 11.5 Å². The number of rotatable bonds is 10. The third-order valence-electron chi connectivity index (χ3n) is 4.08. The van der Waals surface area contributed by atoms with E-state index < -0.39 is 0 Å². The molecule has 0 saturated carbocycles. The topological polar surface area (TPSA) is 38.8 Å². The number of benzene rings is 2. The first-order chi connectivity index (χ1) is 12.6. The van der Waals surface area contributed by atoms with Gasteiger partial charge < -0.3 is 14.4 Å². The summed E-state index contributed by atoms with van der Waals surface area (Å²) >= 11 is 0. The Morgan fingerprint density at radius 2 is 1.58 bits per heavy atom. The van der Waals surface area contributed by atoms with Crippen LogP contribution in [0.3, 0.4) is 0 Å². The number of para-hydroxylation sites is 2. The summed E-state index contributed by atoms with van der Waals surface area (Å²) in [6.07, 6.45) is 1.15. The van der Waals surface area contributed by atoms with Gasteiger partial charge in [-0.2, -0.15) is 0 Å². The molecule has 2 rings (SSSR count).